The van der Waals surface area contributed by atoms with Crippen LogP contribution in [0.3, 0.4) is 0 Å². The quantitative estimate of drug-likeness (QED) is 0.895. The molecule has 5 heteroatoms. The minimum Gasteiger partial charge on any atom is -0.335 e. The molecule has 118 valence electrons. The molecule has 2 N–H and O–H groups in total. The fourth-order valence-electron chi connectivity index (χ4n) is 3.26. The lowest BCUT2D eigenvalue weighted by Crippen LogP contribution is -2.46. The van der Waals surface area contributed by atoms with E-state index in [2.05, 4.69) is 29.6 Å². The zero-order valence-electron chi connectivity index (χ0n) is 13.9. The molecule has 1 aromatic rings. The van der Waals surface area contributed by atoms with Crippen molar-refractivity contribution in [2.45, 2.75) is 65.5 Å². The van der Waals surface area contributed by atoms with E-state index < -0.39 is 0 Å². The zero-order chi connectivity index (χ0) is 15.6. The standard InChI is InChI=1S/C16H28N4O/c1-10-7-6-8-15(10)18-16(21)17-11(2)9-14-12(3)19-20(5)13(14)4/h10-11,15H,6-9H2,1-5H3,(H2,17,18,21). The molecule has 0 saturated heterocycles. The number of aryl methyl sites for hydroxylation is 2. The number of hydrogen-bond acceptors (Lipinski definition) is 2. The van der Waals surface area contributed by atoms with E-state index in [-0.39, 0.29) is 12.1 Å². The van der Waals surface area contributed by atoms with Crippen molar-refractivity contribution in [3.63, 3.8) is 0 Å². The van der Waals surface area contributed by atoms with Crippen LogP contribution in [-0.2, 0) is 13.5 Å². The SMILES string of the molecule is Cc1nn(C)c(C)c1CC(C)NC(=O)NC1CCCC1C. The smallest absolute Gasteiger partial charge is 0.315 e. The summed E-state index contributed by atoms with van der Waals surface area (Å²) >= 11 is 0. The molecule has 21 heavy (non-hydrogen) atoms. The van der Waals surface area contributed by atoms with Crippen LogP contribution in [0.5, 0.6) is 0 Å². The summed E-state index contributed by atoms with van der Waals surface area (Å²) in [5.41, 5.74) is 3.46. The molecule has 2 rings (SSSR count). The first-order valence-corrected chi connectivity index (χ1v) is 7.94. The number of aromatic nitrogens is 2. The highest BCUT2D eigenvalue weighted by atomic mass is 16.2. The second kappa shape index (κ2) is 6.50. The summed E-state index contributed by atoms with van der Waals surface area (Å²) < 4.78 is 1.90. The fourth-order valence-corrected chi connectivity index (χ4v) is 3.26. The monoisotopic (exact) mass is 292 g/mol. The van der Waals surface area contributed by atoms with E-state index in [0.29, 0.717) is 12.0 Å². The van der Waals surface area contributed by atoms with Crippen LogP contribution in [0, 0.1) is 19.8 Å². The van der Waals surface area contributed by atoms with Crippen molar-refractivity contribution >= 4 is 6.03 Å². The summed E-state index contributed by atoms with van der Waals surface area (Å²) in [5.74, 6) is 0.592. The fraction of sp³-hybridized carbons (Fsp3) is 0.750. The van der Waals surface area contributed by atoms with Gasteiger partial charge < -0.3 is 10.6 Å². The van der Waals surface area contributed by atoms with Gasteiger partial charge >= 0.3 is 6.03 Å². The van der Waals surface area contributed by atoms with E-state index >= 15 is 0 Å². The van der Waals surface area contributed by atoms with Crippen LogP contribution >= 0.6 is 0 Å². The first-order chi connectivity index (χ1) is 9.88. The first kappa shape index (κ1) is 15.9. The summed E-state index contributed by atoms with van der Waals surface area (Å²) in [6.07, 6.45) is 4.35. The third-order valence-corrected chi connectivity index (χ3v) is 4.72. The summed E-state index contributed by atoms with van der Waals surface area (Å²) in [7, 11) is 1.96. The maximum atomic E-state index is 12.1. The van der Waals surface area contributed by atoms with Crippen LogP contribution in [0.2, 0.25) is 0 Å². The van der Waals surface area contributed by atoms with Crippen LogP contribution in [0.4, 0.5) is 4.79 Å². The molecule has 1 fully saturated rings. The maximum absolute atomic E-state index is 12.1. The maximum Gasteiger partial charge on any atom is 0.315 e. The molecule has 1 heterocycles. The molecule has 1 aliphatic rings. The summed E-state index contributed by atoms with van der Waals surface area (Å²) in [6, 6.07) is 0.391. The molecule has 0 spiro atoms. The van der Waals surface area contributed by atoms with Crippen molar-refractivity contribution in [3.05, 3.63) is 17.0 Å². The van der Waals surface area contributed by atoms with E-state index in [0.717, 1.165) is 18.5 Å². The Morgan fingerprint density at radius 2 is 2.14 bits per heavy atom. The van der Waals surface area contributed by atoms with Crippen molar-refractivity contribution in [1.29, 1.82) is 0 Å². The molecule has 0 bridgehead atoms. The highest BCUT2D eigenvalue weighted by Crippen LogP contribution is 2.24. The van der Waals surface area contributed by atoms with Gasteiger partial charge in [0.1, 0.15) is 0 Å². The average Bonchev–Trinajstić information content (AvgIpc) is 2.89. The van der Waals surface area contributed by atoms with Crippen molar-refractivity contribution < 1.29 is 4.79 Å². The van der Waals surface area contributed by atoms with Crippen LogP contribution in [-0.4, -0.2) is 27.9 Å². The lowest BCUT2D eigenvalue weighted by molar-refractivity contribution is 0.231. The van der Waals surface area contributed by atoms with Crippen LogP contribution in [0.25, 0.3) is 0 Å². The Bertz CT molecular complexity index is 509. The van der Waals surface area contributed by atoms with Gasteiger partial charge in [-0.1, -0.05) is 13.3 Å². The number of rotatable bonds is 4. The second-order valence-corrected chi connectivity index (χ2v) is 6.51. The molecule has 3 atom stereocenters. The largest absolute Gasteiger partial charge is 0.335 e. The van der Waals surface area contributed by atoms with Gasteiger partial charge in [-0.25, -0.2) is 4.79 Å². The molecule has 0 aliphatic heterocycles. The third kappa shape index (κ3) is 3.77. The van der Waals surface area contributed by atoms with Gasteiger partial charge in [-0.3, -0.25) is 4.68 Å². The van der Waals surface area contributed by atoms with E-state index in [1.807, 2.05) is 25.6 Å². The lowest BCUT2D eigenvalue weighted by Gasteiger charge is -2.20. The normalized spacial score (nSPS) is 23.1. The number of urea groups is 1. The number of hydrogen-bond donors (Lipinski definition) is 2. The van der Waals surface area contributed by atoms with Gasteiger partial charge in [0.25, 0.3) is 0 Å². The predicted molar refractivity (Wildman–Crippen MR) is 84.3 cm³/mol. The van der Waals surface area contributed by atoms with Crippen LogP contribution in [0.15, 0.2) is 0 Å². The molecular formula is C16H28N4O. The third-order valence-electron chi connectivity index (χ3n) is 4.72. The molecule has 1 aliphatic carbocycles. The molecule has 2 amide bonds. The second-order valence-electron chi connectivity index (χ2n) is 6.51. The minimum absolute atomic E-state index is 0.0413. The Balaban J connectivity index is 1.86. The Hall–Kier alpha value is -1.52. The Morgan fingerprint density at radius 1 is 1.43 bits per heavy atom. The Morgan fingerprint density at radius 3 is 2.67 bits per heavy atom. The topological polar surface area (TPSA) is 59.0 Å². The van der Waals surface area contributed by atoms with Gasteiger partial charge in [-0.15, -0.1) is 0 Å². The lowest BCUT2D eigenvalue weighted by atomic mass is 10.1. The Labute approximate surface area is 127 Å². The predicted octanol–water partition coefficient (Wildman–Crippen LogP) is 2.46. The molecule has 3 unspecified atom stereocenters. The van der Waals surface area contributed by atoms with Gasteiger partial charge in [-0.05, 0) is 51.5 Å². The average molecular weight is 292 g/mol. The number of nitrogens with zero attached hydrogens (tertiary/aromatic N) is 2. The van der Waals surface area contributed by atoms with Crippen LogP contribution in [0.1, 0.15) is 50.1 Å². The molecular weight excluding hydrogens is 264 g/mol. The zero-order valence-corrected chi connectivity index (χ0v) is 13.9. The molecule has 5 nitrogen and oxygen atoms in total. The van der Waals surface area contributed by atoms with Crippen molar-refractivity contribution in [2.75, 3.05) is 0 Å². The highest BCUT2D eigenvalue weighted by Gasteiger charge is 2.25. The molecule has 0 aromatic carbocycles. The molecule has 1 aromatic heterocycles. The van der Waals surface area contributed by atoms with Gasteiger partial charge in [0.2, 0.25) is 0 Å². The highest BCUT2D eigenvalue weighted by molar-refractivity contribution is 5.74. The molecule has 0 radical (unpaired) electrons. The first-order valence-electron chi connectivity index (χ1n) is 7.94. The number of carbonyl (C=O) groups excluding carboxylic acids is 1. The molecule has 1 saturated carbocycles. The Kier molecular flexibility index (Phi) is 4.91. The van der Waals surface area contributed by atoms with E-state index in [9.17, 15) is 4.79 Å². The summed E-state index contributed by atoms with van der Waals surface area (Å²) in [4.78, 5) is 12.1. The number of nitrogens with one attached hydrogen (secondary N) is 2. The van der Waals surface area contributed by atoms with Crippen molar-refractivity contribution in [1.82, 2.24) is 20.4 Å². The number of amides is 2. The van der Waals surface area contributed by atoms with Crippen molar-refractivity contribution in [2.24, 2.45) is 13.0 Å². The van der Waals surface area contributed by atoms with Gasteiger partial charge in [0.05, 0.1) is 5.69 Å². The van der Waals surface area contributed by atoms with E-state index in [1.165, 1.54) is 24.1 Å². The van der Waals surface area contributed by atoms with Gasteiger partial charge in [0.15, 0.2) is 0 Å². The summed E-state index contributed by atoms with van der Waals surface area (Å²) in [5, 5.41) is 10.6. The minimum atomic E-state index is -0.0413. The van der Waals surface area contributed by atoms with Crippen LogP contribution < -0.4 is 10.6 Å². The number of carbonyl (C=O) groups is 1. The van der Waals surface area contributed by atoms with E-state index in [1.54, 1.807) is 0 Å². The summed E-state index contributed by atoms with van der Waals surface area (Å²) in [6.45, 7) is 8.35. The van der Waals surface area contributed by atoms with Gasteiger partial charge in [0, 0.05) is 24.8 Å². The van der Waals surface area contributed by atoms with Gasteiger partial charge in [-0.2, -0.15) is 5.10 Å². The van der Waals surface area contributed by atoms with Crippen molar-refractivity contribution in [3.8, 4) is 0 Å². The van der Waals surface area contributed by atoms with E-state index in [4.69, 9.17) is 0 Å².